The van der Waals surface area contributed by atoms with E-state index in [4.69, 9.17) is 18.6 Å². The number of rotatable bonds is 4. The van der Waals surface area contributed by atoms with Crippen molar-refractivity contribution < 1.29 is 64.6 Å². The van der Waals surface area contributed by atoms with E-state index in [1.807, 2.05) is 0 Å². The Labute approximate surface area is 231 Å². The van der Waals surface area contributed by atoms with Gasteiger partial charge in [-0.15, -0.1) is 0 Å². The van der Waals surface area contributed by atoms with Crippen molar-refractivity contribution in [2.24, 2.45) is 0 Å². The van der Waals surface area contributed by atoms with Crippen LogP contribution in [0.5, 0.6) is 23.0 Å². The summed E-state index contributed by atoms with van der Waals surface area (Å²) < 4.78 is 22.7. The molecule has 9 N–H and O–H groups in total. The van der Waals surface area contributed by atoms with Gasteiger partial charge in [-0.1, -0.05) is 0 Å². The number of benzene rings is 2. The molecular weight excluding hydrogens is 548 g/mol. The van der Waals surface area contributed by atoms with Crippen LogP contribution in [0.25, 0.3) is 22.3 Å². The van der Waals surface area contributed by atoms with Crippen molar-refractivity contribution in [1.29, 1.82) is 0 Å². The molecule has 2 aromatic carbocycles. The lowest BCUT2D eigenvalue weighted by Crippen LogP contribution is -2.61. The lowest BCUT2D eigenvalue weighted by atomic mass is 9.89. The molecule has 10 atom stereocenters. The van der Waals surface area contributed by atoms with Gasteiger partial charge >= 0.3 is 0 Å². The second-order valence-corrected chi connectivity index (χ2v) is 10.2. The maximum absolute atomic E-state index is 13.1. The summed E-state index contributed by atoms with van der Waals surface area (Å²) in [6.07, 6.45) is -15.0. The van der Waals surface area contributed by atoms with Gasteiger partial charge in [-0.05, 0) is 32.0 Å². The Kier molecular flexibility index (Phi) is 7.61. The van der Waals surface area contributed by atoms with Crippen molar-refractivity contribution in [1.82, 2.24) is 0 Å². The van der Waals surface area contributed by atoms with E-state index in [9.17, 15) is 50.8 Å². The third-order valence-electron chi connectivity index (χ3n) is 7.48. The monoisotopic (exact) mass is 578 g/mol. The first-order chi connectivity index (χ1) is 19.3. The Morgan fingerprint density at radius 3 is 2.07 bits per heavy atom. The highest BCUT2D eigenvalue weighted by atomic mass is 16.7. The standard InChI is InChI=1S/C27H30O14/c1-8-20(33)23(36)26(41-27-24(37)22(35)19(32)9(2)39-27)25(38-8)18-14(31)7-16-17(21(18)34)13(30)6-15(40-16)10-3-4-11(28)12(29)5-10/h3-9,19-20,22-29,31-37H,1-2H3/t8-,9-,19-,20-,22+,23+,24+,25-,26-,27-/m0/s1. The van der Waals surface area contributed by atoms with E-state index in [0.717, 1.165) is 18.2 Å². The normalized spacial score (nSPS) is 34.1. The van der Waals surface area contributed by atoms with Crippen molar-refractivity contribution in [2.45, 2.75) is 75.1 Å². The van der Waals surface area contributed by atoms with Crippen LogP contribution >= 0.6 is 0 Å². The molecule has 5 rings (SSSR count). The van der Waals surface area contributed by atoms with Gasteiger partial charge in [0.15, 0.2) is 23.2 Å². The molecular formula is C27H30O14. The summed E-state index contributed by atoms with van der Waals surface area (Å²) in [5, 5.41) is 93.2. The Morgan fingerprint density at radius 1 is 0.732 bits per heavy atom. The van der Waals surface area contributed by atoms with Gasteiger partial charge in [0.05, 0.1) is 17.8 Å². The predicted molar refractivity (Wildman–Crippen MR) is 137 cm³/mol. The molecule has 0 bridgehead atoms. The minimum absolute atomic E-state index is 0.0510. The van der Waals surface area contributed by atoms with Crippen LogP contribution < -0.4 is 5.43 Å². The van der Waals surface area contributed by atoms with Crippen molar-refractivity contribution in [3.63, 3.8) is 0 Å². The summed E-state index contributed by atoms with van der Waals surface area (Å²) >= 11 is 0. The first kappa shape index (κ1) is 29.0. The zero-order valence-electron chi connectivity index (χ0n) is 21.7. The Hall–Kier alpha value is -3.47. The van der Waals surface area contributed by atoms with Crippen LogP contribution in [0.3, 0.4) is 0 Å². The van der Waals surface area contributed by atoms with E-state index < -0.39 is 95.2 Å². The first-order valence-electron chi connectivity index (χ1n) is 12.7. The van der Waals surface area contributed by atoms with Gasteiger partial charge in [0.1, 0.15) is 71.0 Å². The molecule has 222 valence electrons. The number of aliphatic hydroxyl groups is 5. The van der Waals surface area contributed by atoms with E-state index in [2.05, 4.69) is 0 Å². The average Bonchev–Trinajstić information content (AvgIpc) is 2.92. The number of ether oxygens (including phenoxy) is 3. The molecule has 1 aromatic heterocycles. The minimum atomic E-state index is -1.78. The highest BCUT2D eigenvalue weighted by Gasteiger charge is 2.50. The molecule has 0 saturated carbocycles. The molecule has 0 aliphatic carbocycles. The maximum atomic E-state index is 13.1. The topological polar surface area (TPSA) is 240 Å². The second kappa shape index (κ2) is 10.7. The first-order valence-corrected chi connectivity index (χ1v) is 12.7. The van der Waals surface area contributed by atoms with Crippen LogP contribution in [0.2, 0.25) is 0 Å². The van der Waals surface area contributed by atoms with Crippen molar-refractivity contribution >= 4 is 11.0 Å². The maximum Gasteiger partial charge on any atom is 0.197 e. The minimum Gasteiger partial charge on any atom is -0.507 e. The fourth-order valence-corrected chi connectivity index (χ4v) is 5.11. The van der Waals surface area contributed by atoms with Crippen LogP contribution in [-0.4, -0.2) is 101 Å². The number of phenolic OH excluding ortho intramolecular Hbond substituents is 4. The molecule has 0 amide bonds. The van der Waals surface area contributed by atoms with Gasteiger partial charge in [0.25, 0.3) is 0 Å². The van der Waals surface area contributed by atoms with Crippen LogP contribution in [0.15, 0.2) is 39.5 Å². The highest BCUT2D eigenvalue weighted by molar-refractivity contribution is 5.88. The number of aromatic hydroxyl groups is 4. The third kappa shape index (κ3) is 4.98. The smallest absolute Gasteiger partial charge is 0.197 e. The van der Waals surface area contributed by atoms with Crippen molar-refractivity contribution in [3.8, 4) is 34.3 Å². The molecule has 2 fully saturated rings. The molecule has 2 aliphatic rings. The van der Waals surface area contributed by atoms with Crippen LogP contribution in [-0.2, 0) is 14.2 Å². The average molecular weight is 579 g/mol. The lowest BCUT2D eigenvalue weighted by molar-refractivity contribution is -0.336. The van der Waals surface area contributed by atoms with Gasteiger partial charge in [0, 0.05) is 17.7 Å². The number of fused-ring (bicyclic) bond motifs is 1. The van der Waals surface area contributed by atoms with Gasteiger partial charge in [-0.2, -0.15) is 0 Å². The zero-order valence-corrected chi connectivity index (χ0v) is 21.7. The van der Waals surface area contributed by atoms with Crippen LogP contribution in [0, 0.1) is 0 Å². The van der Waals surface area contributed by atoms with Crippen LogP contribution in [0.1, 0.15) is 25.5 Å². The van der Waals surface area contributed by atoms with Gasteiger partial charge in [-0.3, -0.25) is 4.79 Å². The number of phenols is 4. The second-order valence-electron chi connectivity index (χ2n) is 10.2. The molecule has 0 radical (unpaired) electrons. The fourth-order valence-electron chi connectivity index (χ4n) is 5.11. The summed E-state index contributed by atoms with van der Waals surface area (Å²) in [4.78, 5) is 13.1. The summed E-state index contributed by atoms with van der Waals surface area (Å²) in [7, 11) is 0. The fraction of sp³-hybridized carbons (Fsp3) is 0.444. The predicted octanol–water partition coefficient (Wildman–Crippen LogP) is -0.323. The van der Waals surface area contributed by atoms with Gasteiger partial charge in [0.2, 0.25) is 0 Å². The Bertz CT molecular complexity index is 1500. The van der Waals surface area contributed by atoms with Gasteiger partial charge < -0.3 is 64.6 Å². The highest BCUT2D eigenvalue weighted by Crippen LogP contribution is 2.46. The number of hydrogen-bond donors (Lipinski definition) is 9. The summed E-state index contributed by atoms with van der Waals surface area (Å²) in [5.74, 6) is -2.34. The number of hydrogen-bond acceptors (Lipinski definition) is 14. The van der Waals surface area contributed by atoms with Gasteiger partial charge in [-0.25, -0.2) is 0 Å². The van der Waals surface area contributed by atoms with Crippen molar-refractivity contribution in [3.05, 3.63) is 46.1 Å². The van der Waals surface area contributed by atoms with Crippen molar-refractivity contribution in [2.75, 3.05) is 0 Å². The molecule has 14 heteroatoms. The molecule has 3 heterocycles. The molecule has 3 aromatic rings. The Morgan fingerprint density at radius 2 is 1.39 bits per heavy atom. The van der Waals surface area contributed by atoms with E-state index in [-0.39, 0.29) is 22.3 Å². The largest absolute Gasteiger partial charge is 0.507 e. The quantitative estimate of drug-likeness (QED) is 0.180. The van der Waals surface area contributed by atoms with Crippen LogP contribution in [0.4, 0.5) is 0 Å². The molecule has 2 aliphatic heterocycles. The van der Waals surface area contributed by atoms with E-state index in [1.165, 1.54) is 26.0 Å². The van der Waals surface area contributed by atoms with E-state index in [1.54, 1.807) is 0 Å². The number of aliphatic hydroxyl groups excluding tert-OH is 5. The summed E-state index contributed by atoms with van der Waals surface area (Å²) in [5.41, 5.74) is -1.20. The molecule has 41 heavy (non-hydrogen) atoms. The van der Waals surface area contributed by atoms with E-state index in [0.29, 0.717) is 0 Å². The summed E-state index contributed by atoms with van der Waals surface area (Å²) in [6, 6.07) is 5.75. The Balaban J connectivity index is 1.58. The molecule has 14 nitrogen and oxygen atoms in total. The molecule has 0 unspecified atom stereocenters. The molecule has 2 saturated heterocycles. The summed E-state index contributed by atoms with van der Waals surface area (Å²) in [6.45, 7) is 2.82. The SMILES string of the molecule is C[C@@H]1O[C@@H](O[C@H]2[C@H](O)[C@@H](O)[C@H](C)O[C@H]2c2c(O)cc3oc(-c4ccc(O)c(O)c4)cc(=O)c3c2O)[C@H](O)[C@H](O)[C@H]1O. The lowest BCUT2D eigenvalue weighted by Gasteiger charge is -2.46. The third-order valence-corrected chi connectivity index (χ3v) is 7.48. The zero-order chi connectivity index (χ0) is 29.9. The molecule has 0 spiro atoms. The van der Waals surface area contributed by atoms with E-state index >= 15 is 0 Å².